The number of amides is 2. The van der Waals surface area contributed by atoms with Crippen LogP contribution in [0.25, 0.3) is 11.0 Å². The fourth-order valence-electron chi connectivity index (χ4n) is 5.37. The molecule has 0 radical (unpaired) electrons. The second kappa shape index (κ2) is 9.57. The first-order valence-corrected chi connectivity index (χ1v) is 15.0. The first kappa shape index (κ1) is 26.5. The van der Waals surface area contributed by atoms with Gasteiger partial charge in [0.25, 0.3) is 11.8 Å². The maximum atomic E-state index is 14.3. The van der Waals surface area contributed by atoms with Crippen LogP contribution in [0.1, 0.15) is 27.2 Å². The summed E-state index contributed by atoms with van der Waals surface area (Å²) >= 11 is 21.0. The number of likely N-dealkylation sites (N-methyl/N-ethyl adjacent to an activating group) is 1. The van der Waals surface area contributed by atoms with Crippen LogP contribution in [0, 0.1) is 0 Å². The molecule has 0 fully saturated rings. The third-order valence-electron chi connectivity index (χ3n) is 7.17. The lowest BCUT2D eigenvalue weighted by Crippen LogP contribution is -2.53. The molecule has 2 aromatic heterocycles. The van der Waals surface area contributed by atoms with Crippen LogP contribution in [0.15, 0.2) is 74.2 Å². The number of thioether (sulfide) groups is 1. The largest absolute Gasteiger partial charge is 0.450 e. The summed E-state index contributed by atoms with van der Waals surface area (Å²) in [5.41, 5.74) is -0.373. The van der Waals surface area contributed by atoms with Crippen molar-refractivity contribution >= 4 is 91.5 Å². The fraction of sp³-hybridized carbons (Fsp3) is 0.107. The van der Waals surface area contributed by atoms with Crippen LogP contribution in [0.2, 0.25) is 15.1 Å². The number of para-hydroxylation sites is 1. The van der Waals surface area contributed by atoms with Gasteiger partial charge in [-0.15, -0.1) is 10.2 Å². The maximum Gasteiger partial charge on any atom is 0.297 e. The summed E-state index contributed by atoms with van der Waals surface area (Å²) in [4.78, 5) is 45.2. The maximum absolute atomic E-state index is 14.3. The first-order valence-electron chi connectivity index (χ1n) is 12.1. The van der Waals surface area contributed by atoms with E-state index in [1.807, 2.05) is 6.07 Å². The number of anilines is 2. The number of fused-ring (bicyclic) bond motifs is 5. The Labute approximate surface area is 255 Å². The highest BCUT2D eigenvalue weighted by molar-refractivity contribution is 8.00. The number of rotatable bonds is 4. The normalized spacial score (nSPS) is 17.7. The second-order valence-electron chi connectivity index (χ2n) is 9.38. The quantitative estimate of drug-likeness (QED) is 0.158. The number of halogens is 3. The first-order chi connectivity index (χ1) is 19.7. The second-order valence-corrected chi connectivity index (χ2v) is 12.8. The average molecular weight is 642 g/mol. The van der Waals surface area contributed by atoms with Gasteiger partial charge in [0, 0.05) is 39.1 Å². The molecule has 0 saturated carbocycles. The van der Waals surface area contributed by atoms with Crippen LogP contribution in [0.3, 0.4) is 0 Å². The van der Waals surface area contributed by atoms with Gasteiger partial charge < -0.3 is 9.32 Å². The molecule has 0 saturated heterocycles. The Bertz CT molecular complexity index is 2010. The Morgan fingerprint density at radius 3 is 2.54 bits per heavy atom. The lowest BCUT2D eigenvalue weighted by Gasteiger charge is -2.31. The van der Waals surface area contributed by atoms with Crippen molar-refractivity contribution in [3.05, 3.63) is 108 Å². The van der Waals surface area contributed by atoms with E-state index in [9.17, 15) is 14.4 Å². The van der Waals surface area contributed by atoms with Gasteiger partial charge in [-0.2, -0.15) is 0 Å². The highest BCUT2D eigenvalue weighted by Gasteiger charge is 2.66. The SMILES string of the molecule is CN1C(=O)C2(c3ccccc31)c1c(oc3ccc(Cl)cc3c1=O)C(=O)N2c1nnc(SCc2ccc(Cl)cc2Cl)s1. The highest BCUT2D eigenvalue weighted by atomic mass is 35.5. The number of hydrogen-bond donors (Lipinski definition) is 0. The van der Waals surface area contributed by atoms with E-state index in [1.54, 1.807) is 49.5 Å². The Morgan fingerprint density at radius 1 is 0.976 bits per heavy atom. The Morgan fingerprint density at radius 2 is 1.73 bits per heavy atom. The molecule has 7 rings (SSSR count). The minimum absolute atomic E-state index is 0.0728. The van der Waals surface area contributed by atoms with E-state index in [2.05, 4.69) is 10.2 Å². The molecule has 0 N–H and O–H groups in total. The molecule has 1 unspecified atom stereocenters. The minimum atomic E-state index is -1.84. The van der Waals surface area contributed by atoms with Gasteiger partial charge >= 0.3 is 0 Å². The monoisotopic (exact) mass is 640 g/mol. The summed E-state index contributed by atoms with van der Waals surface area (Å²) in [6, 6.07) is 16.8. The molecule has 2 aliphatic rings. The molecule has 5 aromatic rings. The molecular formula is C28H15Cl3N4O4S2. The van der Waals surface area contributed by atoms with Crippen molar-refractivity contribution in [2.45, 2.75) is 15.6 Å². The number of aromatic nitrogens is 2. The van der Waals surface area contributed by atoms with Crippen LogP contribution < -0.4 is 15.2 Å². The van der Waals surface area contributed by atoms with Gasteiger partial charge in [0.15, 0.2) is 15.3 Å². The average Bonchev–Trinajstić information content (AvgIpc) is 3.58. The molecule has 3 aromatic carbocycles. The standard InChI is InChI=1S/C28H15Cl3N4O4S2/c1-34-19-5-3-2-4-17(19)28(25(34)38)21-22(36)16-10-14(29)8-9-20(16)39-23(21)24(37)35(28)26-32-33-27(41-26)40-12-13-6-7-15(30)11-18(13)31/h2-11H,12H2,1H3. The minimum Gasteiger partial charge on any atom is -0.450 e. The van der Waals surface area contributed by atoms with E-state index in [4.69, 9.17) is 39.2 Å². The summed E-state index contributed by atoms with van der Waals surface area (Å²) in [6.45, 7) is 0. The summed E-state index contributed by atoms with van der Waals surface area (Å²) in [6.07, 6.45) is 0. The number of nitrogens with zero attached hydrogens (tertiary/aromatic N) is 4. The van der Waals surface area contributed by atoms with Crippen molar-refractivity contribution in [2.24, 2.45) is 0 Å². The van der Waals surface area contributed by atoms with Gasteiger partial charge in [-0.25, -0.2) is 0 Å². The molecule has 2 aliphatic heterocycles. The number of hydrogen-bond acceptors (Lipinski definition) is 8. The van der Waals surface area contributed by atoms with E-state index in [-0.39, 0.29) is 27.4 Å². The van der Waals surface area contributed by atoms with E-state index >= 15 is 0 Å². The van der Waals surface area contributed by atoms with Crippen molar-refractivity contribution in [1.82, 2.24) is 10.2 Å². The smallest absolute Gasteiger partial charge is 0.297 e. The van der Waals surface area contributed by atoms with Crippen molar-refractivity contribution in [3.63, 3.8) is 0 Å². The molecule has 41 heavy (non-hydrogen) atoms. The lowest BCUT2D eigenvalue weighted by molar-refractivity contribution is -0.121. The summed E-state index contributed by atoms with van der Waals surface area (Å²) in [5, 5.41) is 10.3. The highest BCUT2D eigenvalue weighted by Crippen LogP contribution is 2.54. The van der Waals surface area contributed by atoms with E-state index in [1.165, 1.54) is 33.7 Å². The van der Waals surface area contributed by atoms with E-state index in [0.717, 1.165) is 16.9 Å². The van der Waals surface area contributed by atoms with Crippen LogP contribution in [-0.4, -0.2) is 29.1 Å². The van der Waals surface area contributed by atoms with Gasteiger partial charge in [0.1, 0.15) is 5.58 Å². The zero-order chi connectivity index (χ0) is 28.6. The van der Waals surface area contributed by atoms with Crippen LogP contribution in [0.5, 0.6) is 0 Å². The van der Waals surface area contributed by atoms with Crippen LogP contribution in [0.4, 0.5) is 10.8 Å². The van der Waals surface area contributed by atoms with E-state index in [0.29, 0.717) is 36.4 Å². The van der Waals surface area contributed by atoms with Gasteiger partial charge in [-0.3, -0.25) is 19.3 Å². The molecule has 1 atom stereocenters. The molecule has 8 nitrogen and oxygen atoms in total. The predicted octanol–water partition coefficient (Wildman–Crippen LogP) is 6.78. The van der Waals surface area contributed by atoms with Gasteiger partial charge in [0.2, 0.25) is 10.9 Å². The summed E-state index contributed by atoms with van der Waals surface area (Å²) in [5.74, 6) is -0.904. The number of carbonyl (C=O) groups is 2. The van der Waals surface area contributed by atoms with Crippen LogP contribution >= 0.6 is 57.9 Å². The van der Waals surface area contributed by atoms with Crippen molar-refractivity contribution in [1.29, 1.82) is 0 Å². The molecule has 13 heteroatoms. The number of benzene rings is 3. The molecule has 204 valence electrons. The molecule has 4 heterocycles. The topological polar surface area (TPSA) is 96.6 Å². The van der Waals surface area contributed by atoms with Crippen molar-refractivity contribution in [2.75, 3.05) is 16.8 Å². The molecule has 1 spiro atoms. The predicted molar refractivity (Wildman–Crippen MR) is 161 cm³/mol. The third-order valence-corrected chi connectivity index (χ3v) is 10.1. The van der Waals surface area contributed by atoms with E-state index < -0.39 is 22.8 Å². The van der Waals surface area contributed by atoms with Gasteiger partial charge in [-0.1, -0.05) is 82.2 Å². The van der Waals surface area contributed by atoms with Crippen molar-refractivity contribution in [3.8, 4) is 0 Å². The Kier molecular flexibility index (Phi) is 6.18. The molecular weight excluding hydrogens is 627 g/mol. The zero-order valence-electron chi connectivity index (χ0n) is 20.9. The molecule has 0 aliphatic carbocycles. The molecule has 0 bridgehead atoms. The summed E-state index contributed by atoms with van der Waals surface area (Å²) in [7, 11) is 1.60. The Balaban J connectivity index is 1.41. The zero-order valence-corrected chi connectivity index (χ0v) is 24.8. The fourth-order valence-corrected chi connectivity index (χ4v) is 7.99. The third kappa shape index (κ3) is 3.78. The lowest BCUT2D eigenvalue weighted by atomic mass is 9.84. The van der Waals surface area contributed by atoms with Crippen molar-refractivity contribution < 1.29 is 14.0 Å². The Hall–Kier alpha value is -3.41. The number of carbonyl (C=O) groups excluding carboxylic acids is 2. The summed E-state index contributed by atoms with van der Waals surface area (Å²) < 4.78 is 6.56. The van der Waals surface area contributed by atoms with Gasteiger partial charge in [0.05, 0.1) is 10.9 Å². The molecule has 2 amide bonds. The van der Waals surface area contributed by atoms with Gasteiger partial charge in [-0.05, 0) is 42.0 Å². The van der Waals surface area contributed by atoms with Crippen LogP contribution in [-0.2, 0) is 16.1 Å².